The van der Waals surface area contributed by atoms with E-state index >= 15 is 0 Å². The van der Waals surface area contributed by atoms with Gasteiger partial charge in [0.2, 0.25) is 0 Å². The number of aromatic nitrogens is 2. The predicted octanol–water partition coefficient (Wildman–Crippen LogP) is 17.0. The van der Waals surface area contributed by atoms with Gasteiger partial charge in [-0.05, 0) is 102 Å². The maximum absolute atomic E-state index is 2.53. The molecule has 0 radical (unpaired) electrons. The van der Waals surface area contributed by atoms with Gasteiger partial charge in [0.25, 0.3) is 0 Å². The van der Waals surface area contributed by atoms with Gasteiger partial charge in [0.05, 0.1) is 33.1 Å². The van der Waals surface area contributed by atoms with Crippen molar-refractivity contribution in [3.8, 4) is 44.5 Å². The van der Waals surface area contributed by atoms with E-state index in [-0.39, 0.29) is 0 Å². The number of benzene rings is 11. The van der Waals surface area contributed by atoms with E-state index in [0.29, 0.717) is 0 Å². The van der Waals surface area contributed by atoms with Crippen LogP contribution in [-0.2, 0) is 0 Å². The molecule has 2 nitrogen and oxygen atoms in total. The summed E-state index contributed by atoms with van der Waals surface area (Å²) < 4.78 is 5.05. The van der Waals surface area contributed by atoms with Gasteiger partial charge in [0, 0.05) is 43.1 Å². The smallest absolute Gasteiger partial charge is 0.0620 e. The third-order valence-corrected chi connectivity index (χ3v) is 14.4. The second kappa shape index (κ2) is 12.6. The van der Waals surface area contributed by atoms with Gasteiger partial charge in [-0.2, -0.15) is 0 Å². The van der Waals surface area contributed by atoms with Crippen molar-refractivity contribution in [2.75, 3.05) is 0 Å². The lowest BCUT2D eigenvalue weighted by molar-refractivity contribution is 1.37. The first kappa shape index (κ1) is 34.2. The molecule has 0 aliphatic heterocycles. The minimum Gasteiger partial charge on any atom is -0.308 e. The van der Waals surface area contributed by atoms with Gasteiger partial charge in [-0.15, -0.1) is 0 Å². The fourth-order valence-electron chi connectivity index (χ4n) is 11.6. The molecule has 11 aromatic carbocycles. The SMILES string of the molecule is c1ccc(-c2ccc(-c3c4cc5c6cccc7c8ccccc8n(c5cc4c(-c4ccc(-c5ccccc5)cc4)c4cc5c8cccc9c%10ccccc%10n(c5cc34)c98)c76)cc2)cc1. The first-order valence-corrected chi connectivity index (χ1v) is 22.3. The molecule has 0 fully saturated rings. The zero-order valence-electron chi connectivity index (χ0n) is 34.7. The molecular formula is C62H36N2. The average molecular weight is 809 g/mol. The Morgan fingerprint density at radius 3 is 0.922 bits per heavy atom. The Labute approximate surface area is 367 Å². The Balaban J connectivity index is 1.15. The second-order valence-electron chi connectivity index (χ2n) is 17.6. The van der Waals surface area contributed by atoms with E-state index in [9.17, 15) is 0 Å². The van der Waals surface area contributed by atoms with Gasteiger partial charge >= 0.3 is 0 Å². The normalized spacial score (nSPS) is 12.4. The lowest BCUT2D eigenvalue weighted by Crippen LogP contribution is -1.93. The average Bonchev–Trinajstić information content (AvgIpc) is 4.09. The van der Waals surface area contributed by atoms with Crippen LogP contribution in [0.15, 0.2) is 218 Å². The van der Waals surface area contributed by atoms with E-state index in [1.807, 2.05) is 0 Å². The lowest BCUT2D eigenvalue weighted by atomic mass is 9.84. The van der Waals surface area contributed by atoms with E-state index in [2.05, 4.69) is 227 Å². The first-order chi connectivity index (χ1) is 31.8. The summed E-state index contributed by atoms with van der Waals surface area (Å²) in [7, 11) is 0. The highest BCUT2D eigenvalue weighted by Gasteiger charge is 2.25. The van der Waals surface area contributed by atoms with Gasteiger partial charge in [0.15, 0.2) is 0 Å². The minimum absolute atomic E-state index is 1.21. The summed E-state index contributed by atoms with van der Waals surface area (Å²) in [5.41, 5.74) is 17.3. The summed E-state index contributed by atoms with van der Waals surface area (Å²) in [5.74, 6) is 0. The highest BCUT2D eigenvalue weighted by Crippen LogP contribution is 2.50. The molecule has 4 aromatic heterocycles. The molecule has 4 heterocycles. The van der Waals surface area contributed by atoms with Crippen LogP contribution < -0.4 is 0 Å². The van der Waals surface area contributed by atoms with Crippen LogP contribution in [0.2, 0.25) is 0 Å². The molecule has 0 atom stereocenters. The van der Waals surface area contributed by atoms with Crippen LogP contribution in [0.1, 0.15) is 0 Å². The van der Waals surface area contributed by atoms with Gasteiger partial charge in [-0.25, -0.2) is 0 Å². The Hall–Kier alpha value is -8.46. The van der Waals surface area contributed by atoms with Gasteiger partial charge < -0.3 is 8.80 Å². The molecule has 294 valence electrons. The fraction of sp³-hybridized carbons (Fsp3) is 0. The number of fused-ring (bicyclic) bond motifs is 14. The Morgan fingerprint density at radius 1 is 0.188 bits per heavy atom. The van der Waals surface area contributed by atoms with Crippen molar-refractivity contribution >= 4 is 97.7 Å². The quantitative estimate of drug-likeness (QED) is 0.157. The van der Waals surface area contributed by atoms with Crippen molar-refractivity contribution in [2.45, 2.75) is 0 Å². The van der Waals surface area contributed by atoms with Gasteiger partial charge in [-0.3, -0.25) is 0 Å². The van der Waals surface area contributed by atoms with Crippen molar-refractivity contribution < 1.29 is 0 Å². The van der Waals surface area contributed by atoms with Crippen molar-refractivity contribution in [1.29, 1.82) is 0 Å². The molecule has 0 aliphatic rings. The number of hydrogen-bond acceptors (Lipinski definition) is 0. The molecule has 15 rings (SSSR count). The summed E-state index contributed by atoms with van der Waals surface area (Å²) in [6.07, 6.45) is 0. The second-order valence-corrected chi connectivity index (χ2v) is 17.6. The molecule has 15 aromatic rings. The first-order valence-electron chi connectivity index (χ1n) is 22.3. The summed E-state index contributed by atoms with van der Waals surface area (Å²) in [6.45, 7) is 0. The molecule has 0 spiro atoms. The maximum Gasteiger partial charge on any atom is 0.0620 e. The monoisotopic (exact) mass is 808 g/mol. The standard InChI is InChI=1S/C62H36N2/c1-3-13-37(14-4-1)39-25-29-41(30-26-39)59-51-33-49-47-21-11-19-45-44-18-8-10-24-56(44)64(61(45)47)58(49)36-54(51)60(42-31-27-40(28-32-42)38-15-5-2-6-16-38)52-34-50-48-22-12-20-46-43-17-7-9-23-55(43)63(62(46)48)57(50)35-53(52)59/h1-36H. The molecule has 0 N–H and O–H groups in total. The van der Waals surface area contributed by atoms with Crippen LogP contribution in [0.4, 0.5) is 0 Å². The van der Waals surface area contributed by atoms with Crippen LogP contribution in [0, 0.1) is 0 Å². The zero-order chi connectivity index (χ0) is 41.6. The molecule has 0 aliphatic carbocycles. The van der Waals surface area contributed by atoms with Crippen LogP contribution in [-0.4, -0.2) is 8.80 Å². The van der Waals surface area contributed by atoms with Crippen LogP contribution in [0.5, 0.6) is 0 Å². The van der Waals surface area contributed by atoms with Crippen molar-refractivity contribution in [3.63, 3.8) is 0 Å². The van der Waals surface area contributed by atoms with Crippen LogP contribution in [0.25, 0.3) is 142 Å². The Bertz CT molecular complexity index is 4080. The van der Waals surface area contributed by atoms with Crippen LogP contribution >= 0.6 is 0 Å². The number of hydrogen-bond donors (Lipinski definition) is 0. The minimum atomic E-state index is 1.21. The predicted molar refractivity (Wildman–Crippen MR) is 273 cm³/mol. The number of rotatable bonds is 4. The highest BCUT2D eigenvalue weighted by molar-refractivity contribution is 6.32. The highest BCUT2D eigenvalue weighted by atomic mass is 14.9. The summed E-state index contributed by atoms with van der Waals surface area (Å²) >= 11 is 0. The molecule has 0 saturated heterocycles. The third kappa shape index (κ3) is 4.48. The van der Waals surface area contributed by atoms with E-state index < -0.39 is 0 Å². The molecule has 0 saturated carbocycles. The van der Waals surface area contributed by atoms with Crippen molar-refractivity contribution in [3.05, 3.63) is 218 Å². The summed E-state index contributed by atoms with van der Waals surface area (Å²) in [6, 6.07) is 81.6. The molecule has 0 unspecified atom stereocenters. The molecule has 64 heavy (non-hydrogen) atoms. The van der Waals surface area contributed by atoms with Crippen molar-refractivity contribution in [2.24, 2.45) is 0 Å². The molecular weight excluding hydrogens is 773 g/mol. The number of nitrogens with zero attached hydrogens (tertiary/aromatic N) is 2. The Morgan fingerprint density at radius 2 is 0.500 bits per heavy atom. The van der Waals surface area contributed by atoms with Gasteiger partial charge in [-0.1, -0.05) is 182 Å². The summed E-state index contributed by atoms with van der Waals surface area (Å²) in [5, 5.41) is 15.3. The molecule has 0 amide bonds. The molecule has 2 heteroatoms. The number of para-hydroxylation sites is 4. The van der Waals surface area contributed by atoms with E-state index in [1.54, 1.807) is 0 Å². The largest absolute Gasteiger partial charge is 0.308 e. The topological polar surface area (TPSA) is 8.82 Å². The van der Waals surface area contributed by atoms with E-state index in [4.69, 9.17) is 0 Å². The fourth-order valence-corrected chi connectivity index (χ4v) is 11.6. The lowest BCUT2D eigenvalue weighted by Gasteiger charge is -2.19. The Kier molecular flexibility index (Phi) is 6.71. The zero-order valence-corrected chi connectivity index (χ0v) is 34.7. The molecule has 0 bridgehead atoms. The summed E-state index contributed by atoms with van der Waals surface area (Å²) in [4.78, 5) is 0. The van der Waals surface area contributed by atoms with Gasteiger partial charge in [0.1, 0.15) is 0 Å². The van der Waals surface area contributed by atoms with E-state index in [1.165, 1.54) is 142 Å². The van der Waals surface area contributed by atoms with E-state index in [0.717, 1.165) is 0 Å². The van der Waals surface area contributed by atoms with Crippen LogP contribution in [0.3, 0.4) is 0 Å². The van der Waals surface area contributed by atoms with Crippen molar-refractivity contribution in [1.82, 2.24) is 8.80 Å². The third-order valence-electron chi connectivity index (χ3n) is 14.4. The maximum atomic E-state index is 2.53.